The topological polar surface area (TPSA) is 32.3 Å². The Morgan fingerprint density at radius 2 is 2.05 bits per heavy atom. The lowest BCUT2D eigenvalue weighted by Gasteiger charge is -2.33. The van der Waals surface area contributed by atoms with E-state index in [1.54, 1.807) is 0 Å². The number of hydrogen-bond acceptors (Lipinski definition) is 3. The standard InChI is InChI=1S/C15H22BrNOS/c1-2-14(12-5-3-4-6-13(12)16)17-11-15(18)7-9-19-10-8-15/h3-6,14,17-18H,2,7-11H2,1H3. The summed E-state index contributed by atoms with van der Waals surface area (Å²) in [6.07, 6.45) is 2.82. The quantitative estimate of drug-likeness (QED) is 0.853. The molecule has 1 aromatic carbocycles. The van der Waals surface area contributed by atoms with Crippen LogP contribution in [0.3, 0.4) is 0 Å². The second kappa shape index (κ2) is 7.11. The predicted molar refractivity (Wildman–Crippen MR) is 86.7 cm³/mol. The Kier molecular flexibility index (Phi) is 5.75. The van der Waals surface area contributed by atoms with Crippen molar-refractivity contribution in [3.05, 3.63) is 34.3 Å². The lowest BCUT2D eigenvalue weighted by Crippen LogP contribution is -2.44. The van der Waals surface area contributed by atoms with E-state index in [0.717, 1.165) is 35.2 Å². The zero-order chi connectivity index (χ0) is 13.7. The highest BCUT2D eigenvalue weighted by Crippen LogP contribution is 2.29. The highest BCUT2D eigenvalue weighted by atomic mass is 79.9. The maximum Gasteiger partial charge on any atom is 0.0787 e. The monoisotopic (exact) mass is 343 g/mol. The maximum atomic E-state index is 10.5. The van der Waals surface area contributed by atoms with E-state index >= 15 is 0 Å². The van der Waals surface area contributed by atoms with E-state index in [9.17, 15) is 5.11 Å². The van der Waals surface area contributed by atoms with Gasteiger partial charge in [-0.05, 0) is 42.4 Å². The normalized spacial score (nSPS) is 20.2. The van der Waals surface area contributed by atoms with E-state index in [2.05, 4.69) is 46.4 Å². The van der Waals surface area contributed by atoms with E-state index in [0.29, 0.717) is 12.6 Å². The summed E-state index contributed by atoms with van der Waals surface area (Å²) < 4.78 is 1.14. The van der Waals surface area contributed by atoms with Crippen molar-refractivity contribution in [3.63, 3.8) is 0 Å². The summed E-state index contributed by atoms with van der Waals surface area (Å²) in [6, 6.07) is 8.62. The molecule has 1 aliphatic rings. The zero-order valence-corrected chi connectivity index (χ0v) is 13.8. The van der Waals surface area contributed by atoms with Gasteiger partial charge in [-0.1, -0.05) is 41.1 Å². The van der Waals surface area contributed by atoms with Crippen molar-refractivity contribution in [1.82, 2.24) is 5.32 Å². The number of thioether (sulfide) groups is 1. The molecular formula is C15H22BrNOS. The first-order valence-electron chi connectivity index (χ1n) is 6.92. The molecule has 0 saturated carbocycles. The van der Waals surface area contributed by atoms with Gasteiger partial charge in [-0.25, -0.2) is 0 Å². The molecular weight excluding hydrogens is 322 g/mol. The van der Waals surface area contributed by atoms with Gasteiger partial charge >= 0.3 is 0 Å². The molecule has 1 unspecified atom stereocenters. The summed E-state index contributed by atoms with van der Waals surface area (Å²) in [7, 11) is 0. The van der Waals surface area contributed by atoms with Gasteiger partial charge in [-0.15, -0.1) is 0 Å². The summed E-state index contributed by atoms with van der Waals surface area (Å²) in [4.78, 5) is 0. The molecule has 1 heterocycles. The van der Waals surface area contributed by atoms with Crippen molar-refractivity contribution in [2.24, 2.45) is 0 Å². The van der Waals surface area contributed by atoms with Gasteiger partial charge in [0.1, 0.15) is 0 Å². The van der Waals surface area contributed by atoms with Gasteiger partial charge in [-0.3, -0.25) is 0 Å². The second-order valence-corrected chi connectivity index (χ2v) is 7.28. The highest BCUT2D eigenvalue weighted by Gasteiger charge is 2.30. The predicted octanol–water partition coefficient (Wildman–Crippen LogP) is 3.75. The molecule has 2 N–H and O–H groups in total. The number of hydrogen-bond donors (Lipinski definition) is 2. The molecule has 1 atom stereocenters. The minimum Gasteiger partial charge on any atom is -0.389 e. The minimum absolute atomic E-state index is 0.300. The summed E-state index contributed by atoms with van der Waals surface area (Å²) >= 11 is 5.55. The van der Waals surface area contributed by atoms with Crippen molar-refractivity contribution < 1.29 is 5.11 Å². The van der Waals surface area contributed by atoms with Crippen LogP contribution in [0, 0.1) is 0 Å². The third-order valence-electron chi connectivity index (χ3n) is 3.79. The lowest BCUT2D eigenvalue weighted by atomic mass is 9.95. The average Bonchev–Trinajstić information content (AvgIpc) is 2.42. The van der Waals surface area contributed by atoms with Crippen molar-refractivity contribution >= 4 is 27.7 Å². The van der Waals surface area contributed by atoms with Gasteiger partial charge in [-0.2, -0.15) is 11.8 Å². The van der Waals surface area contributed by atoms with Crippen LogP contribution in [-0.2, 0) is 0 Å². The van der Waals surface area contributed by atoms with Gasteiger partial charge in [0, 0.05) is 17.1 Å². The van der Waals surface area contributed by atoms with Gasteiger partial charge in [0.15, 0.2) is 0 Å². The van der Waals surface area contributed by atoms with Gasteiger partial charge in [0.25, 0.3) is 0 Å². The SMILES string of the molecule is CCC(NCC1(O)CCSCC1)c1ccccc1Br. The molecule has 0 amide bonds. The van der Waals surface area contributed by atoms with Crippen molar-refractivity contribution in [1.29, 1.82) is 0 Å². The molecule has 106 valence electrons. The molecule has 0 aromatic heterocycles. The molecule has 4 heteroatoms. The highest BCUT2D eigenvalue weighted by molar-refractivity contribution is 9.10. The molecule has 0 spiro atoms. The Labute approximate surface area is 128 Å². The van der Waals surface area contributed by atoms with Crippen LogP contribution in [0.1, 0.15) is 37.8 Å². The van der Waals surface area contributed by atoms with E-state index in [-0.39, 0.29) is 0 Å². The lowest BCUT2D eigenvalue weighted by molar-refractivity contribution is 0.0294. The molecule has 1 saturated heterocycles. The Balaban J connectivity index is 1.98. The number of aliphatic hydroxyl groups is 1. The Morgan fingerprint density at radius 3 is 2.68 bits per heavy atom. The molecule has 0 radical (unpaired) electrons. The first-order chi connectivity index (χ1) is 9.14. The zero-order valence-electron chi connectivity index (χ0n) is 11.4. The molecule has 2 nitrogen and oxygen atoms in total. The van der Waals surface area contributed by atoms with Crippen molar-refractivity contribution in [3.8, 4) is 0 Å². The molecule has 1 aliphatic heterocycles. The molecule has 1 fully saturated rings. The summed E-state index contributed by atoms with van der Waals surface area (Å²) in [5, 5.41) is 14.1. The minimum atomic E-state index is -0.514. The van der Waals surface area contributed by atoms with Gasteiger partial charge in [0.2, 0.25) is 0 Å². The molecule has 1 aromatic rings. The van der Waals surface area contributed by atoms with Crippen LogP contribution in [0.5, 0.6) is 0 Å². The van der Waals surface area contributed by atoms with E-state index in [4.69, 9.17) is 0 Å². The number of benzene rings is 1. The summed E-state index contributed by atoms with van der Waals surface area (Å²) in [6.45, 7) is 2.87. The summed E-state index contributed by atoms with van der Waals surface area (Å²) in [5.74, 6) is 2.15. The fourth-order valence-electron chi connectivity index (χ4n) is 2.47. The van der Waals surface area contributed by atoms with Crippen LogP contribution >= 0.6 is 27.7 Å². The number of rotatable bonds is 5. The fourth-order valence-corrected chi connectivity index (χ4v) is 4.29. The van der Waals surface area contributed by atoms with Crippen molar-refractivity contribution in [2.45, 2.75) is 37.8 Å². The van der Waals surface area contributed by atoms with Crippen LogP contribution < -0.4 is 5.32 Å². The first-order valence-corrected chi connectivity index (χ1v) is 8.87. The molecule has 0 aliphatic carbocycles. The molecule has 0 bridgehead atoms. The fraction of sp³-hybridized carbons (Fsp3) is 0.600. The van der Waals surface area contributed by atoms with Crippen LogP contribution in [0.15, 0.2) is 28.7 Å². The largest absolute Gasteiger partial charge is 0.389 e. The van der Waals surface area contributed by atoms with Gasteiger partial charge < -0.3 is 10.4 Å². The van der Waals surface area contributed by atoms with Crippen molar-refractivity contribution in [2.75, 3.05) is 18.1 Å². The van der Waals surface area contributed by atoms with Crippen LogP contribution in [0.2, 0.25) is 0 Å². The second-order valence-electron chi connectivity index (χ2n) is 5.20. The Hall–Kier alpha value is -0.0300. The third kappa shape index (κ3) is 4.22. The first kappa shape index (κ1) is 15.4. The average molecular weight is 344 g/mol. The Morgan fingerprint density at radius 1 is 1.37 bits per heavy atom. The molecule has 19 heavy (non-hydrogen) atoms. The maximum absolute atomic E-state index is 10.5. The third-order valence-corrected chi connectivity index (χ3v) is 5.50. The van der Waals surface area contributed by atoms with Crippen LogP contribution in [0.25, 0.3) is 0 Å². The van der Waals surface area contributed by atoms with Gasteiger partial charge in [0.05, 0.1) is 5.60 Å². The number of halogens is 1. The van der Waals surface area contributed by atoms with Crippen LogP contribution in [0.4, 0.5) is 0 Å². The summed E-state index contributed by atoms with van der Waals surface area (Å²) in [5.41, 5.74) is 0.763. The number of nitrogens with one attached hydrogen (secondary N) is 1. The van der Waals surface area contributed by atoms with Crippen LogP contribution in [-0.4, -0.2) is 28.8 Å². The van der Waals surface area contributed by atoms with E-state index in [1.807, 2.05) is 17.8 Å². The van der Waals surface area contributed by atoms with E-state index in [1.165, 1.54) is 5.56 Å². The molecule has 2 rings (SSSR count). The smallest absolute Gasteiger partial charge is 0.0787 e. The Bertz CT molecular complexity index is 407. The van der Waals surface area contributed by atoms with E-state index < -0.39 is 5.60 Å².